The molecule has 0 amide bonds. The highest BCUT2D eigenvalue weighted by atomic mass is 32.2. The first kappa shape index (κ1) is 15.9. The van der Waals surface area contributed by atoms with Crippen LogP contribution in [-0.4, -0.2) is 18.0 Å². The normalized spacial score (nSPS) is 13.1. The molecule has 1 atom stereocenters. The smallest absolute Gasteiger partial charge is 0.251 e. The maximum absolute atomic E-state index is 13.6. The van der Waals surface area contributed by atoms with Crippen molar-refractivity contribution in [3.8, 4) is 0 Å². The van der Waals surface area contributed by atoms with Crippen LogP contribution in [0.15, 0.2) is 58.4 Å². The van der Waals surface area contributed by atoms with Gasteiger partial charge in [0.25, 0.3) is 10.0 Å². The van der Waals surface area contributed by atoms with E-state index in [1.54, 1.807) is 47.6 Å². The molecule has 3 aromatic rings. The van der Waals surface area contributed by atoms with Crippen LogP contribution in [0, 0.1) is 5.82 Å². The lowest BCUT2D eigenvalue weighted by Crippen LogP contribution is -2.30. The van der Waals surface area contributed by atoms with Gasteiger partial charge in [0.05, 0.1) is 0 Å². The van der Waals surface area contributed by atoms with E-state index in [1.807, 2.05) is 0 Å². The van der Waals surface area contributed by atoms with Gasteiger partial charge in [-0.1, -0.05) is 18.2 Å². The molecule has 0 aliphatic rings. The first-order chi connectivity index (χ1) is 11.0. The molecule has 0 saturated carbocycles. The number of nitrogens with zero attached hydrogens (tertiary/aromatic N) is 2. The number of hydrogen-bond acceptors (Lipinski definition) is 4. The van der Waals surface area contributed by atoms with Gasteiger partial charge in [-0.05, 0) is 29.1 Å². The fourth-order valence-electron chi connectivity index (χ4n) is 2.24. The Bertz CT molecular complexity index is 904. The molecular formula is C15H14FN3O2S2. The molecular weight excluding hydrogens is 337 g/mol. The maximum Gasteiger partial charge on any atom is 0.251 e. The summed E-state index contributed by atoms with van der Waals surface area (Å²) in [4.78, 5) is 4.20. The summed E-state index contributed by atoms with van der Waals surface area (Å²) in [6.07, 6.45) is 3.28. The highest BCUT2D eigenvalue weighted by molar-refractivity contribution is 7.91. The largest absolute Gasteiger partial charge is 0.336 e. The number of nitrogens with one attached hydrogen (secondary N) is 1. The number of sulfonamides is 1. The molecule has 8 heteroatoms. The van der Waals surface area contributed by atoms with Gasteiger partial charge in [-0.2, -0.15) is 4.72 Å². The molecule has 3 rings (SSSR count). The molecule has 120 valence electrons. The summed E-state index contributed by atoms with van der Waals surface area (Å²) in [6.45, 7) is 0. The van der Waals surface area contributed by atoms with Crippen LogP contribution in [-0.2, 0) is 17.1 Å². The highest BCUT2D eigenvalue weighted by Crippen LogP contribution is 2.25. The van der Waals surface area contributed by atoms with Crippen molar-refractivity contribution in [2.45, 2.75) is 10.3 Å². The first-order valence-electron chi connectivity index (χ1n) is 6.76. The first-order valence-corrected chi connectivity index (χ1v) is 9.12. The molecule has 1 unspecified atom stereocenters. The second-order valence-electron chi connectivity index (χ2n) is 4.94. The average Bonchev–Trinajstić information content (AvgIpc) is 3.16. The number of thiophene rings is 1. The third-order valence-corrected chi connectivity index (χ3v) is 6.15. The van der Waals surface area contributed by atoms with Gasteiger partial charge in [0.1, 0.15) is 21.9 Å². The fraction of sp³-hybridized carbons (Fsp3) is 0.133. The Hall–Kier alpha value is -2.03. The van der Waals surface area contributed by atoms with Crippen LogP contribution in [0.1, 0.15) is 17.4 Å². The Kier molecular flexibility index (Phi) is 4.29. The SMILES string of the molecule is Cn1ccnc1C(NS(=O)(=O)c1cccs1)c1cccc(F)c1. The van der Waals surface area contributed by atoms with Crippen molar-refractivity contribution in [2.24, 2.45) is 7.05 Å². The van der Waals surface area contributed by atoms with Crippen LogP contribution >= 0.6 is 11.3 Å². The summed E-state index contributed by atoms with van der Waals surface area (Å²) in [5.74, 6) is 0.0489. The number of rotatable bonds is 5. The molecule has 0 bridgehead atoms. The molecule has 0 saturated heterocycles. The maximum atomic E-state index is 13.6. The Morgan fingerprint density at radius 2 is 2.13 bits per heavy atom. The van der Waals surface area contributed by atoms with E-state index >= 15 is 0 Å². The third kappa shape index (κ3) is 3.34. The van der Waals surface area contributed by atoms with Gasteiger partial charge in [-0.25, -0.2) is 17.8 Å². The van der Waals surface area contributed by atoms with Gasteiger partial charge >= 0.3 is 0 Å². The fourth-order valence-corrected chi connectivity index (χ4v) is 4.43. The molecule has 2 aromatic heterocycles. The molecule has 0 spiro atoms. The molecule has 2 heterocycles. The van der Waals surface area contributed by atoms with Gasteiger partial charge in [0.15, 0.2) is 0 Å². The van der Waals surface area contributed by atoms with Crippen LogP contribution in [0.2, 0.25) is 0 Å². The minimum atomic E-state index is -3.73. The van der Waals surface area contributed by atoms with E-state index < -0.39 is 21.9 Å². The Balaban J connectivity index is 2.05. The second kappa shape index (κ2) is 6.23. The second-order valence-corrected chi connectivity index (χ2v) is 7.83. The zero-order valence-corrected chi connectivity index (χ0v) is 13.8. The molecule has 0 aliphatic heterocycles. The van der Waals surface area contributed by atoms with E-state index in [0.717, 1.165) is 11.3 Å². The van der Waals surface area contributed by atoms with Crippen molar-refractivity contribution in [1.82, 2.24) is 14.3 Å². The number of halogens is 1. The Labute approximate surface area is 137 Å². The summed E-state index contributed by atoms with van der Waals surface area (Å²) in [5, 5.41) is 1.69. The minimum Gasteiger partial charge on any atom is -0.336 e. The van der Waals surface area contributed by atoms with E-state index in [-0.39, 0.29) is 4.21 Å². The van der Waals surface area contributed by atoms with Gasteiger partial charge in [0.2, 0.25) is 0 Å². The number of hydrogen-bond donors (Lipinski definition) is 1. The van der Waals surface area contributed by atoms with E-state index in [9.17, 15) is 12.8 Å². The van der Waals surface area contributed by atoms with Crippen molar-refractivity contribution in [3.63, 3.8) is 0 Å². The average molecular weight is 351 g/mol. The zero-order chi connectivity index (χ0) is 16.4. The topological polar surface area (TPSA) is 64.0 Å². The number of benzene rings is 1. The molecule has 5 nitrogen and oxygen atoms in total. The van der Waals surface area contributed by atoms with Crippen LogP contribution in [0.5, 0.6) is 0 Å². The number of aryl methyl sites for hydroxylation is 1. The van der Waals surface area contributed by atoms with Crippen LogP contribution in [0.4, 0.5) is 4.39 Å². The monoisotopic (exact) mass is 351 g/mol. The highest BCUT2D eigenvalue weighted by Gasteiger charge is 2.26. The van der Waals surface area contributed by atoms with Crippen molar-refractivity contribution in [1.29, 1.82) is 0 Å². The molecule has 1 N–H and O–H groups in total. The Morgan fingerprint density at radius 1 is 1.30 bits per heavy atom. The van der Waals surface area contributed by atoms with Crippen molar-refractivity contribution >= 4 is 21.4 Å². The van der Waals surface area contributed by atoms with Gasteiger partial charge in [0, 0.05) is 19.4 Å². The third-order valence-electron chi connectivity index (χ3n) is 3.33. The van der Waals surface area contributed by atoms with Crippen molar-refractivity contribution in [2.75, 3.05) is 0 Å². The summed E-state index contributed by atoms with van der Waals surface area (Å²) in [6, 6.07) is 8.23. The number of imidazole rings is 1. The van der Waals surface area contributed by atoms with Crippen LogP contribution in [0.3, 0.4) is 0 Å². The summed E-state index contributed by atoms with van der Waals surface area (Å²) < 4.78 is 43.2. The summed E-state index contributed by atoms with van der Waals surface area (Å²) >= 11 is 1.12. The van der Waals surface area contributed by atoms with E-state index in [1.165, 1.54) is 18.2 Å². The van der Waals surface area contributed by atoms with E-state index in [0.29, 0.717) is 11.4 Å². The minimum absolute atomic E-state index is 0.202. The van der Waals surface area contributed by atoms with Crippen LogP contribution < -0.4 is 4.72 Å². The lowest BCUT2D eigenvalue weighted by molar-refractivity contribution is 0.562. The molecule has 0 aliphatic carbocycles. The standard InChI is InChI=1S/C15H14FN3O2S2/c1-19-8-7-17-15(19)14(11-4-2-5-12(16)10-11)18-23(20,21)13-6-3-9-22-13/h2-10,14,18H,1H3. The molecule has 0 fully saturated rings. The predicted octanol–water partition coefficient (Wildman–Crippen LogP) is 2.69. The predicted molar refractivity (Wildman–Crippen MR) is 86.1 cm³/mol. The lowest BCUT2D eigenvalue weighted by Gasteiger charge is -2.18. The molecule has 1 aromatic carbocycles. The van der Waals surface area contributed by atoms with E-state index in [2.05, 4.69) is 9.71 Å². The number of aromatic nitrogens is 2. The lowest BCUT2D eigenvalue weighted by atomic mass is 10.1. The van der Waals surface area contributed by atoms with Crippen molar-refractivity contribution < 1.29 is 12.8 Å². The van der Waals surface area contributed by atoms with Crippen molar-refractivity contribution in [3.05, 3.63) is 71.4 Å². The summed E-state index contributed by atoms with van der Waals surface area (Å²) in [5.41, 5.74) is 0.486. The zero-order valence-electron chi connectivity index (χ0n) is 12.2. The molecule has 23 heavy (non-hydrogen) atoms. The van der Waals surface area contributed by atoms with Gasteiger partial charge in [-0.3, -0.25) is 0 Å². The quantitative estimate of drug-likeness (QED) is 0.769. The Morgan fingerprint density at radius 3 is 2.74 bits per heavy atom. The van der Waals surface area contributed by atoms with E-state index in [4.69, 9.17) is 0 Å². The van der Waals surface area contributed by atoms with Gasteiger partial charge < -0.3 is 4.57 Å². The summed E-state index contributed by atoms with van der Waals surface area (Å²) in [7, 11) is -1.97. The molecule has 0 radical (unpaired) electrons. The van der Waals surface area contributed by atoms with Gasteiger partial charge in [-0.15, -0.1) is 11.3 Å². The van der Waals surface area contributed by atoms with Crippen LogP contribution in [0.25, 0.3) is 0 Å².